The van der Waals surface area contributed by atoms with Crippen molar-refractivity contribution in [1.82, 2.24) is 65.5 Å². The lowest BCUT2D eigenvalue weighted by molar-refractivity contribution is -0.157. The zero-order valence-corrected chi connectivity index (χ0v) is 77.1. The number of allylic oxidation sites excluding steroid dienone is 3. The number of likely N-dealkylation sites (N-methyl/N-ethyl adjacent to an activating group) is 7. The maximum atomic E-state index is 15.1. The Labute approximate surface area is 717 Å². The molecule has 0 bridgehead atoms. The van der Waals surface area contributed by atoms with E-state index in [9.17, 15) is 48.3 Å². The van der Waals surface area contributed by atoms with E-state index in [1.165, 1.54) is 151 Å². The predicted molar refractivity (Wildman–Crippen MR) is 475 cm³/mol. The highest BCUT2D eigenvalue weighted by atomic mass is 16.5. The predicted octanol–water partition coefficient (Wildman–Crippen LogP) is 11.6. The number of carbonyl (C=O) groups excluding carboxylic acids is 11. The third-order valence-electron chi connectivity index (χ3n) is 22.6. The van der Waals surface area contributed by atoms with Crippen molar-refractivity contribution < 1.29 is 62.6 Å². The fraction of sp³-hybridized carbons (Fsp3) is 0.656. The standard InChI is InChI=1S/C62H111N11O12.C31H39N3O/c1-25-27-28-40(15)52(75)51-56(79)65-43(26-2)58(81)67(18)33-48(74)68(19)44(29-34(3)4)55(78)66-49(38(11)12)61(84)69(20)45(30-35(5)6)54(77)63-41(16)53(76)64-42(17)57(80)70(21)46(31-36(7)8)59(82)71(22)47(32-37(9)10)60(83)72(23)50(39(13)14)62(85)73(51)24;1-2-3-4-5-6-7-8-9-13-17-26-19-20-27(33-26)22-30-31(35-24-25-15-11-10-12-16-25)23-29(34-30)28-18-14-21-32-28/h25,27,34-47,49-52,75H,26,28-33H2,1-24H3,(H,63,77)(H,64,76)(H,65,79)(H,66,78);10-12,14-16,18-23,32-33H,2-9,13,17,24H2,1H3/b27-25+;30-22-/t40-,41+,42-,43+,44+,45+,46+,47+,49+,50+,51+,52-;/m1./s1. The number of hydrogen-bond donors (Lipinski definition) is 7. The first-order valence-corrected chi connectivity index (χ1v) is 43.9. The molecule has 2 aliphatic heterocycles. The second-order valence-corrected chi connectivity index (χ2v) is 35.5. The molecule has 1 saturated heterocycles. The summed E-state index contributed by atoms with van der Waals surface area (Å²) in [5.74, 6) is -8.91. The van der Waals surface area contributed by atoms with Crippen LogP contribution in [0, 0.1) is 41.4 Å². The lowest BCUT2D eigenvalue weighted by Gasteiger charge is -2.41. The maximum absolute atomic E-state index is 15.1. The number of aromatic amines is 2. The van der Waals surface area contributed by atoms with E-state index in [-0.39, 0.29) is 55.8 Å². The number of aliphatic imine (C=N–C) groups is 1. The summed E-state index contributed by atoms with van der Waals surface area (Å²) in [6.45, 7) is 32.1. The van der Waals surface area contributed by atoms with Crippen LogP contribution in [0.4, 0.5) is 0 Å². The van der Waals surface area contributed by atoms with Gasteiger partial charge in [-0.3, -0.25) is 52.7 Å². The quantitative estimate of drug-likeness (QED) is 0.0241. The van der Waals surface area contributed by atoms with Gasteiger partial charge in [-0.25, -0.2) is 4.99 Å². The molecular formula is C93H150N14O13. The van der Waals surface area contributed by atoms with Gasteiger partial charge in [-0.2, -0.15) is 0 Å². The molecule has 0 radical (unpaired) electrons. The van der Waals surface area contributed by atoms with Gasteiger partial charge in [-0.05, 0) is 149 Å². The van der Waals surface area contributed by atoms with E-state index in [1.807, 2.05) is 104 Å². The van der Waals surface area contributed by atoms with E-state index in [1.54, 1.807) is 54.5 Å². The summed E-state index contributed by atoms with van der Waals surface area (Å²) in [5.41, 5.74) is 6.24. The molecule has 27 nitrogen and oxygen atoms in total. The van der Waals surface area contributed by atoms with Crippen molar-refractivity contribution in [2.45, 2.75) is 300 Å². The van der Waals surface area contributed by atoms with Gasteiger partial charge in [0.05, 0.1) is 24.1 Å². The van der Waals surface area contributed by atoms with Gasteiger partial charge in [0.1, 0.15) is 78.5 Å². The van der Waals surface area contributed by atoms with Crippen LogP contribution in [0.1, 0.15) is 244 Å². The minimum absolute atomic E-state index is 0.0229. The second kappa shape index (κ2) is 50.7. The average Bonchev–Trinajstić information content (AvgIpc) is 1.07. The number of aromatic nitrogens is 2. The molecule has 670 valence electrons. The summed E-state index contributed by atoms with van der Waals surface area (Å²) in [4.78, 5) is 180. The Bertz CT molecular complexity index is 3900. The number of ether oxygens (including phenoxy) is 1. The van der Waals surface area contributed by atoms with Crippen LogP contribution in [0.5, 0.6) is 0 Å². The first kappa shape index (κ1) is 103. The topological polar surface area (TPSA) is 332 Å². The van der Waals surface area contributed by atoms with Crippen LogP contribution in [0.25, 0.3) is 6.08 Å². The smallest absolute Gasteiger partial charge is 0.246 e. The van der Waals surface area contributed by atoms with Crippen molar-refractivity contribution in [3.63, 3.8) is 0 Å². The third-order valence-corrected chi connectivity index (χ3v) is 22.6. The summed E-state index contributed by atoms with van der Waals surface area (Å²) < 4.78 is 6.19. The Kier molecular flexibility index (Phi) is 43.5. The second-order valence-electron chi connectivity index (χ2n) is 35.5. The van der Waals surface area contributed by atoms with Crippen molar-refractivity contribution in [2.24, 2.45) is 46.4 Å². The van der Waals surface area contributed by atoms with Crippen LogP contribution < -0.4 is 21.3 Å². The molecule has 0 aliphatic carbocycles. The molecule has 4 heterocycles. The fourth-order valence-corrected chi connectivity index (χ4v) is 15.1. The Morgan fingerprint density at radius 1 is 0.517 bits per heavy atom. The minimum atomic E-state index is -1.61. The number of benzene rings is 1. The number of aryl methyl sites for hydroxylation is 1. The van der Waals surface area contributed by atoms with Gasteiger partial charge >= 0.3 is 0 Å². The Morgan fingerprint density at radius 3 is 1.57 bits per heavy atom. The van der Waals surface area contributed by atoms with Crippen LogP contribution in [0.3, 0.4) is 0 Å². The van der Waals surface area contributed by atoms with Crippen molar-refractivity contribution in [3.8, 4) is 0 Å². The highest BCUT2D eigenvalue weighted by Gasteiger charge is 2.46. The van der Waals surface area contributed by atoms with Crippen LogP contribution in [0.2, 0.25) is 0 Å². The molecule has 2 aromatic heterocycles. The molecule has 120 heavy (non-hydrogen) atoms. The summed E-state index contributed by atoms with van der Waals surface area (Å²) in [5, 5.41) is 23.1. The molecule has 0 unspecified atom stereocenters. The third kappa shape index (κ3) is 31.2. The van der Waals surface area contributed by atoms with Gasteiger partial charge in [0.2, 0.25) is 65.0 Å². The number of H-pyrrole nitrogens is 2. The first-order chi connectivity index (χ1) is 56.5. The minimum Gasteiger partial charge on any atom is -0.487 e. The number of amides is 11. The fourth-order valence-electron chi connectivity index (χ4n) is 15.1. The number of hydrogen-bond acceptors (Lipinski definition) is 14. The number of aliphatic hydroxyl groups excluding tert-OH is 1. The maximum Gasteiger partial charge on any atom is 0.246 e. The van der Waals surface area contributed by atoms with Crippen LogP contribution >= 0.6 is 0 Å². The SMILES string of the molecule is C/C=C/C[C@@H](C)[C@@H](O)[C@H]1C(=O)N[C@@H](CC)C(=O)N(C)CC(=O)N(C)[C@@H](CC(C)C)C(=O)N[C@@H](C(C)C)C(=O)N(C)[C@@H](CC(C)C)C(=O)N[C@@H](C)C(=O)N[C@H](C)C(=O)N(C)[C@@H](CC(C)C)C(=O)N(C)[C@@H](CC(C)C)C(=O)N(C)[C@@H](C(C)C)C(=O)N1C.CCCCCCCCCCCc1ccc(/C=C2\N=C(c3ccc[nH]3)C=C2OCc2ccccc2)[nH]1. The molecule has 5 rings (SSSR count). The van der Waals surface area contributed by atoms with E-state index in [4.69, 9.17) is 9.73 Å². The number of nitrogens with zero attached hydrogens (tertiary/aromatic N) is 8. The summed E-state index contributed by atoms with van der Waals surface area (Å²) >= 11 is 0. The summed E-state index contributed by atoms with van der Waals surface area (Å²) in [6, 6.07) is 6.29. The van der Waals surface area contributed by atoms with Crippen molar-refractivity contribution in [3.05, 3.63) is 113 Å². The van der Waals surface area contributed by atoms with Gasteiger partial charge in [-0.15, -0.1) is 0 Å². The van der Waals surface area contributed by atoms with Crippen molar-refractivity contribution in [1.29, 1.82) is 0 Å². The molecule has 0 spiro atoms. The van der Waals surface area contributed by atoms with Crippen LogP contribution in [0.15, 0.2) is 95.5 Å². The van der Waals surface area contributed by atoms with Gasteiger partial charge in [0.25, 0.3) is 0 Å². The van der Waals surface area contributed by atoms with Gasteiger partial charge < -0.3 is 75.4 Å². The zero-order chi connectivity index (χ0) is 90.1. The zero-order valence-electron chi connectivity index (χ0n) is 77.1. The molecule has 2 aliphatic rings. The molecule has 12 atom stereocenters. The number of carbonyl (C=O) groups is 11. The molecule has 0 saturated carbocycles. The Balaban J connectivity index is 0.000000707. The number of unbranched alkanes of at least 4 members (excludes halogenated alkanes) is 8. The normalized spacial score (nSPS) is 23.2. The molecule has 7 N–H and O–H groups in total. The van der Waals surface area contributed by atoms with Crippen LogP contribution in [-0.4, -0.2) is 242 Å². The average molecular weight is 1670 g/mol. The number of aliphatic hydroxyl groups is 1. The Hall–Kier alpha value is -9.40. The molecular weight excluding hydrogens is 1520 g/mol. The summed E-state index contributed by atoms with van der Waals surface area (Å²) in [7, 11) is 9.92. The molecule has 1 aromatic carbocycles. The highest BCUT2D eigenvalue weighted by molar-refractivity contribution is 6.11. The van der Waals surface area contributed by atoms with Gasteiger partial charge in [-0.1, -0.05) is 198 Å². The first-order valence-electron chi connectivity index (χ1n) is 43.9. The lowest BCUT2D eigenvalue weighted by atomic mass is 9.91. The van der Waals surface area contributed by atoms with E-state index >= 15 is 9.59 Å². The molecule has 1 fully saturated rings. The van der Waals surface area contributed by atoms with Crippen molar-refractivity contribution in [2.75, 3.05) is 55.9 Å². The number of rotatable bonds is 30. The van der Waals surface area contributed by atoms with E-state index in [0.717, 1.165) is 50.3 Å². The summed E-state index contributed by atoms with van der Waals surface area (Å²) in [6.07, 6.45) is 22.4. The number of nitrogens with one attached hydrogen (secondary N) is 6. The van der Waals surface area contributed by atoms with E-state index in [2.05, 4.69) is 68.5 Å². The monoisotopic (exact) mass is 1670 g/mol. The van der Waals surface area contributed by atoms with E-state index in [0.29, 0.717) is 13.0 Å². The van der Waals surface area contributed by atoms with Gasteiger partial charge in [0, 0.05) is 73.0 Å². The van der Waals surface area contributed by atoms with E-state index < -0.39 is 156 Å². The Morgan fingerprint density at radius 2 is 1.03 bits per heavy atom. The molecule has 3 aromatic rings. The largest absolute Gasteiger partial charge is 0.487 e. The highest BCUT2D eigenvalue weighted by Crippen LogP contribution is 2.30. The van der Waals surface area contributed by atoms with Crippen LogP contribution in [-0.2, 0) is 70.5 Å². The van der Waals surface area contributed by atoms with Gasteiger partial charge in [0.15, 0.2) is 0 Å². The molecule has 27 heteroatoms. The molecule has 11 amide bonds. The van der Waals surface area contributed by atoms with Crippen molar-refractivity contribution >= 4 is 76.8 Å². The lowest BCUT2D eigenvalue weighted by Crippen LogP contribution is -2.63.